The second-order valence-corrected chi connectivity index (χ2v) is 4.48. The van der Waals surface area contributed by atoms with Crippen molar-refractivity contribution in [1.82, 2.24) is 9.78 Å². The van der Waals surface area contributed by atoms with E-state index in [9.17, 15) is 4.79 Å². The molecule has 1 N–H and O–H groups in total. The van der Waals surface area contributed by atoms with E-state index in [0.717, 1.165) is 37.1 Å². The molecule has 0 amide bonds. The fraction of sp³-hybridized carbons (Fsp3) is 0.750. The van der Waals surface area contributed by atoms with Gasteiger partial charge in [0, 0.05) is 17.8 Å². The molecule has 0 aliphatic heterocycles. The summed E-state index contributed by atoms with van der Waals surface area (Å²) in [6, 6.07) is 0. The molecule has 0 atom stereocenters. The maximum atomic E-state index is 12.0. The van der Waals surface area contributed by atoms with Crippen LogP contribution in [0.1, 0.15) is 45.4 Å². The maximum Gasteiger partial charge on any atom is 0.269 e. The first-order chi connectivity index (χ1) is 7.10. The highest BCUT2D eigenvalue weighted by Gasteiger charge is 2.12. The van der Waals surface area contributed by atoms with E-state index in [1.807, 2.05) is 0 Å². The summed E-state index contributed by atoms with van der Waals surface area (Å²) in [5.41, 5.74) is 2.28. The zero-order valence-electron chi connectivity index (χ0n) is 10.3. The van der Waals surface area contributed by atoms with E-state index in [1.165, 1.54) is 0 Å². The first kappa shape index (κ1) is 12.1. The summed E-state index contributed by atoms with van der Waals surface area (Å²) in [6.45, 7) is 9.23. The van der Waals surface area contributed by atoms with Crippen molar-refractivity contribution in [2.24, 2.45) is 5.92 Å². The molecule has 86 valence electrons. The average molecular weight is 210 g/mol. The van der Waals surface area contributed by atoms with E-state index in [2.05, 4.69) is 32.8 Å². The van der Waals surface area contributed by atoms with E-state index in [-0.39, 0.29) is 5.56 Å². The van der Waals surface area contributed by atoms with Gasteiger partial charge in [-0.15, -0.1) is 0 Å². The minimum Gasteiger partial charge on any atom is -0.299 e. The summed E-state index contributed by atoms with van der Waals surface area (Å²) in [5, 5.41) is 3.22. The lowest BCUT2D eigenvalue weighted by Gasteiger charge is -2.04. The Bertz CT molecular complexity index is 360. The number of H-pyrrole nitrogens is 1. The summed E-state index contributed by atoms with van der Waals surface area (Å²) >= 11 is 0. The van der Waals surface area contributed by atoms with E-state index < -0.39 is 0 Å². The molecular weight excluding hydrogens is 188 g/mol. The number of hydrogen-bond donors (Lipinski definition) is 1. The molecule has 0 aliphatic rings. The van der Waals surface area contributed by atoms with Crippen LogP contribution in [0, 0.1) is 5.92 Å². The van der Waals surface area contributed by atoms with Gasteiger partial charge in [0.25, 0.3) is 5.56 Å². The molecule has 3 nitrogen and oxygen atoms in total. The molecular formula is C12H22N2O. The highest BCUT2D eigenvalue weighted by atomic mass is 16.1. The van der Waals surface area contributed by atoms with Crippen LogP contribution in [-0.2, 0) is 19.4 Å². The third kappa shape index (κ3) is 2.74. The number of hydrogen-bond acceptors (Lipinski definition) is 1. The highest BCUT2D eigenvalue weighted by molar-refractivity contribution is 5.17. The molecule has 0 saturated carbocycles. The van der Waals surface area contributed by atoms with E-state index in [1.54, 1.807) is 4.68 Å². The normalized spacial score (nSPS) is 11.3. The number of nitrogens with one attached hydrogen (secondary N) is 1. The van der Waals surface area contributed by atoms with Crippen molar-refractivity contribution in [3.05, 3.63) is 21.6 Å². The minimum atomic E-state index is 0.183. The largest absolute Gasteiger partial charge is 0.299 e. The molecule has 15 heavy (non-hydrogen) atoms. The highest BCUT2D eigenvalue weighted by Crippen LogP contribution is 2.06. The molecule has 0 bridgehead atoms. The summed E-state index contributed by atoms with van der Waals surface area (Å²) < 4.78 is 1.76. The van der Waals surface area contributed by atoms with Crippen LogP contribution in [-0.4, -0.2) is 9.78 Å². The number of aromatic amines is 1. The Morgan fingerprint density at radius 1 is 1.33 bits per heavy atom. The van der Waals surface area contributed by atoms with Gasteiger partial charge in [-0.2, -0.15) is 0 Å². The molecule has 1 heterocycles. The third-order valence-electron chi connectivity index (χ3n) is 2.54. The van der Waals surface area contributed by atoms with Gasteiger partial charge >= 0.3 is 0 Å². The number of rotatable bonds is 5. The molecule has 0 radical (unpaired) electrons. The van der Waals surface area contributed by atoms with Crippen molar-refractivity contribution < 1.29 is 0 Å². The van der Waals surface area contributed by atoms with Crippen LogP contribution < -0.4 is 5.56 Å². The minimum absolute atomic E-state index is 0.183. The molecule has 0 saturated heterocycles. The van der Waals surface area contributed by atoms with Gasteiger partial charge in [0.05, 0.1) is 0 Å². The predicted octanol–water partition coefficient (Wildman–Crippen LogP) is 2.35. The SMILES string of the molecule is CCCc1c(CC)[nH]n(CC(C)C)c1=O. The van der Waals surface area contributed by atoms with E-state index in [4.69, 9.17) is 0 Å². The van der Waals surface area contributed by atoms with Crippen molar-refractivity contribution in [2.75, 3.05) is 0 Å². The lowest BCUT2D eigenvalue weighted by atomic mass is 10.1. The van der Waals surface area contributed by atoms with Crippen LogP contribution >= 0.6 is 0 Å². The Hall–Kier alpha value is -0.990. The second-order valence-electron chi connectivity index (χ2n) is 4.48. The Morgan fingerprint density at radius 2 is 2.00 bits per heavy atom. The number of nitrogens with zero attached hydrogens (tertiary/aromatic N) is 1. The van der Waals surface area contributed by atoms with Crippen LogP contribution in [0.4, 0.5) is 0 Å². The average Bonchev–Trinajstić information content (AvgIpc) is 2.46. The van der Waals surface area contributed by atoms with Gasteiger partial charge in [0.2, 0.25) is 0 Å². The molecule has 1 aromatic rings. The van der Waals surface area contributed by atoms with Gasteiger partial charge in [0.15, 0.2) is 0 Å². The molecule has 0 aromatic carbocycles. The van der Waals surface area contributed by atoms with Gasteiger partial charge in [-0.1, -0.05) is 34.1 Å². The summed E-state index contributed by atoms with van der Waals surface area (Å²) in [5.74, 6) is 0.500. The monoisotopic (exact) mass is 210 g/mol. The predicted molar refractivity (Wildman–Crippen MR) is 63.3 cm³/mol. The summed E-state index contributed by atoms with van der Waals surface area (Å²) in [7, 11) is 0. The number of aryl methyl sites for hydroxylation is 1. The Labute approximate surface area is 91.5 Å². The summed E-state index contributed by atoms with van der Waals surface area (Å²) in [6.07, 6.45) is 2.83. The Morgan fingerprint density at radius 3 is 2.47 bits per heavy atom. The van der Waals surface area contributed by atoms with Crippen LogP contribution in [0.15, 0.2) is 4.79 Å². The van der Waals surface area contributed by atoms with Crippen LogP contribution in [0.3, 0.4) is 0 Å². The molecule has 0 spiro atoms. The zero-order valence-corrected chi connectivity index (χ0v) is 10.3. The van der Waals surface area contributed by atoms with Crippen LogP contribution in [0.2, 0.25) is 0 Å². The topological polar surface area (TPSA) is 37.8 Å². The Balaban J connectivity index is 3.04. The summed E-state index contributed by atoms with van der Waals surface area (Å²) in [4.78, 5) is 12.0. The fourth-order valence-corrected chi connectivity index (χ4v) is 1.87. The Kier molecular flexibility index (Phi) is 4.18. The molecule has 3 heteroatoms. The molecule has 0 aliphatic carbocycles. The maximum absolute atomic E-state index is 12.0. The second kappa shape index (κ2) is 5.19. The molecule has 0 fully saturated rings. The first-order valence-corrected chi connectivity index (χ1v) is 5.90. The van der Waals surface area contributed by atoms with Gasteiger partial charge in [-0.25, -0.2) is 0 Å². The van der Waals surface area contributed by atoms with Crippen molar-refractivity contribution >= 4 is 0 Å². The van der Waals surface area contributed by atoms with Gasteiger partial charge in [-0.05, 0) is 18.8 Å². The third-order valence-corrected chi connectivity index (χ3v) is 2.54. The quantitative estimate of drug-likeness (QED) is 0.796. The molecule has 1 rings (SSSR count). The standard InChI is InChI=1S/C12H22N2O/c1-5-7-10-11(6-2)13-14(12(10)15)8-9(3)4/h9,13H,5-8H2,1-4H3. The van der Waals surface area contributed by atoms with Gasteiger partial charge < -0.3 is 0 Å². The molecule has 0 unspecified atom stereocenters. The van der Waals surface area contributed by atoms with E-state index >= 15 is 0 Å². The number of aromatic nitrogens is 2. The smallest absolute Gasteiger partial charge is 0.269 e. The van der Waals surface area contributed by atoms with Crippen molar-refractivity contribution in [3.8, 4) is 0 Å². The molecule has 1 aromatic heterocycles. The van der Waals surface area contributed by atoms with Crippen molar-refractivity contribution in [3.63, 3.8) is 0 Å². The van der Waals surface area contributed by atoms with Crippen LogP contribution in [0.5, 0.6) is 0 Å². The van der Waals surface area contributed by atoms with Gasteiger partial charge in [0.1, 0.15) is 0 Å². The zero-order chi connectivity index (χ0) is 11.4. The van der Waals surface area contributed by atoms with Crippen molar-refractivity contribution in [1.29, 1.82) is 0 Å². The van der Waals surface area contributed by atoms with Crippen LogP contribution in [0.25, 0.3) is 0 Å². The fourth-order valence-electron chi connectivity index (χ4n) is 1.87. The van der Waals surface area contributed by atoms with Crippen molar-refractivity contribution in [2.45, 2.75) is 53.5 Å². The lowest BCUT2D eigenvalue weighted by molar-refractivity contribution is 0.469. The lowest BCUT2D eigenvalue weighted by Crippen LogP contribution is -2.21. The van der Waals surface area contributed by atoms with Gasteiger partial charge in [-0.3, -0.25) is 14.6 Å². The van der Waals surface area contributed by atoms with E-state index in [0.29, 0.717) is 5.92 Å². The first-order valence-electron chi connectivity index (χ1n) is 5.90.